The van der Waals surface area contributed by atoms with Gasteiger partial charge in [0.1, 0.15) is 0 Å². The van der Waals surface area contributed by atoms with Gasteiger partial charge in [-0.1, -0.05) is 25.1 Å². The quantitative estimate of drug-likeness (QED) is 0.661. The maximum Gasteiger partial charge on any atom is 0.263 e. The summed E-state index contributed by atoms with van der Waals surface area (Å²) in [6, 6.07) is 17.1. The van der Waals surface area contributed by atoms with E-state index in [0.717, 1.165) is 37.2 Å². The molecular weight excluding hydrogens is 388 g/mol. The molecular formula is C21H24N4O3S. The van der Waals surface area contributed by atoms with Gasteiger partial charge in [-0.3, -0.25) is 0 Å². The summed E-state index contributed by atoms with van der Waals surface area (Å²) in [7, 11) is -3.16. The first-order valence-corrected chi connectivity index (χ1v) is 11.4. The number of nitrogens with zero attached hydrogens (tertiary/aromatic N) is 3. The molecule has 0 amide bonds. The Balaban J connectivity index is 1.34. The fourth-order valence-electron chi connectivity index (χ4n) is 3.48. The molecule has 2 aromatic carbocycles. The molecule has 3 aromatic rings. The van der Waals surface area contributed by atoms with E-state index < -0.39 is 9.84 Å². The van der Waals surface area contributed by atoms with E-state index in [2.05, 4.69) is 20.4 Å². The van der Waals surface area contributed by atoms with Gasteiger partial charge in [-0.25, -0.2) is 8.42 Å². The smallest absolute Gasteiger partial charge is 0.263 e. The van der Waals surface area contributed by atoms with Crippen molar-refractivity contribution < 1.29 is 12.9 Å². The maximum absolute atomic E-state index is 12.0. The Morgan fingerprint density at radius 3 is 2.41 bits per heavy atom. The van der Waals surface area contributed by atoms with E-state index in [1.54, 1.807) is 19.1 Å². The third-order valence-electron chi connectivity index (χ3n) is 5.22. The SMILES string of the molecule is CCS(=O)(=O)c1ccc(N2CCC(Nc3noc(-c4ccccc4)n3)CC2)cc1. The van der Waals surface area contributed by atoms with Gasteiger partial charge in [-0.05, 0) is 54.4 Å². The Bertz CT molecular complexity index is 1040. The van der Waals surface area contributed by atoms with Gasteiger partial charge >= 0.3 is 0 Å². The van der Waals surface area contributed by atoms with Crippen LogP contribution in [0.25, 0.3) is 11.5 Å². The third kappa shape index (κ3) is 4.42. The van der Waals surface area contributed by atoms with Gasteiger partial charge in [0.25, 0.3) is 11.8 Å². The van der Waals surface area contributed by atoms with Gasteiger partial charge in [-0.15, -0.1) is 0 Å². The third-order valence-corrected chi connectivity index (χ3v) is 6.97. The molecule has 1 fully saturated rings. The van der Waals surface area contributed by atoms with Crippen molar-refractivity contribution in [2.45, 2.75) is 30.7 Å². The summed E-state index contributed by atoms with van der Waals surface area (Å²) in [5, 5.41) is 7.39. The van der Waals surface area contributed by atoms with Crippen LogP contribution in [0.3, 0.4) is 0 Å². The normalized spacial score (nSPS) is 15.4. The molecule has 0 spiro atoms. The molecule has 152 valence electrons. The molecule has 7 nitrogen and oxygen atoms in total. The van der Waals surface area contributed by atoms with Crippen molar-refractivity contribution in [3.8, 4) is 11.5 Å². The van der Waals surface area contributed by atoms with Crippen molar-refractivity contribution in [2.24, 2.45) is 0 Å². The summed E-state index contributed by atoms with van der Waals surface area (Å²) in [6.45, 7) is 3.41. The Labute approximate surface area is 170 Å². The fraction of sp³-hybridized carbons (Fsp3) is 0.333. The monoisotopic (exact) mass is 412 g/mol. The van der Waals surface area contributed by atoms with Crippen LogP contribution in [0.5, 0.6) is 0 Å². The first-order valence-electron chi connectivity index (χ1n) is 9.78. The van der Waals surface area contributed by atoms with Crippen LogP contribution in [0.1, 0.15) is 19.8 Å². The number of anilines is 2. The van der Waals surface area contributed by atoms with E-state index in [1.165, 1.54) is 0 Å². The van der Waals surface area contributed by atoms with Crippen LogP contribution in [-0.2, 0) is 9.84 Å². The van der Waals surface area contributed by atoms with E-state index >= 15 is 0 Å². The van der Waals surface area contributed by atoms with E-state index in [-0.39, 0.29) is 11.8 Å². The Kier molecular flexibility index (Phi) is 5.53. The molecule has 8 heteroatoms. The summed E-state index contributed by atoms with van der Waals surface area (Å²) in [5.74, 6) is 1.13. The number of hydrogen-bond donors (Lipinski definition) is 1. The lowest BCUT2D eigenvalue weighted by Crippen LogP contribution is -2.39. The van der Waals surface area contributed by atoms with E-state index in [1.807, 2.05) is 42.5 Å². The summed E-state index contributed by atoms with van der Waals surface area (Å²) in [4.78, 5) is 7.08. The molecule has 0 radical (unpaired) electrons. The molecule has 0 atom stereocenters. The second-order valence-corrected chi connectivity index (χ2v) is 9.37. The van der Waals surface area contributed by atoms with Crippen LogP contribution in [0, 0.1) is 0 Å². The highest BCUT2D eigenvalue weighted by Gasteiger charge is 2.21. The Morgan fingerprint density at radius 2 is 1.76 bits per heavy atom. The predicted molar refractivity (Wildman–Crippen MR) is 113 cm³/mol. The average molecular weight is 413 g/mol. The van der Waals surface area contributed by atoms with Crippen molar-refractivity contribution in [2.75, 3.05) is 29.1 Å². The fourth-order valence-corrected chi connectivity index (χ4v) is 4.36. The van der Waals surface area contributed by atoms with Gasteiger partial charge in [0.15, 0.2) is 9.84 Å². The lowest BCUT2D eigenvalue weighted by Gasteiger charge is -2.33. The van der Waals surface area contributed by atoms with Crippen LogP contribution in [0.15, 0.2) is 64.0 Å². The Morgan fingerprint density at radius 1 is 1.07 bits per heavy atom. The predicted octanol–water partition coefficient (Wildman–Crippen LogP) is 3.61. The number of aromatic nitrogens is 2. The number of sulfone groups is 1. The van der Waals surface area contributed by atoms with E-state index in [4.69, 9.17) is 4.52 Å². The number of piperidine rings is 1. The van der Waals surface area contributed by atoms with Gasteiger partial charge in [-0.2, -0.15) is 4.98 Å². The lowest BCUT2D eigenvalue weighted by molar-refractivity contribution is 0.429. The van der Waals surface area contributed by atoms with Crippen LogP contribution >= 0.6 is 0 Å². The minimum absolute atomic E-state index is 0.117. The number of benzene rings is 2. The highest BCUT2D eigenvalue weighted by molar-refractivity contribution is 7.91. The molecule has 1 N–H and O–H groups in total. The zero-order chi connectivity index (χ0) is 20.3. The van der Waals surface area contributed by atoms with Gasteiger partial charge in [0.2, 0.25) is 0 Å². The van der Waals surface area contributed by atoms with E-state index in [0.29, 0.717) is 16.7 Å². The lowest BCUT2D eigenvalue weighted by atomic mass is 10.0. The minimum Gasteiger partial charge on any atom is -0.371 e. The molecule has 2 heterocycles. The number of nitrogens with one attached hydrogen (secondary N) is 1. The molecule has 0 bridgehead atoms. The summed E-state index contributed by atoms with van der Waals surface area (Å²) < 4.78 is 29.3. The van der Waals surface area contributed by atoms with Crippen LogP contribution in [0.4, 0.5) is 11.6 Å². The molecule has 1 aliphatic heterocycles. The summed E-state index contributed by atoms with van der Waals surface area (Å²) in [6.07, 6.45) is 1.87. The van der Waals surface area contributed by atoms with Gasteiger partial charge < -0.3 is 14.7 Å². The zero-order valence-corrected chi connectivity index (χ0v) is 17.1. The number of hydrogen-bond acceptors (Lipinski definition) is 7. The summed E-state index contributed by atoms with van der Waals surface area (Å²) in [5.41, 5.74) is 1.95. The van der Waals surface area contributed by atoms with Crippen molar-refractivity contribution in [1.82, 2.24) is 10.1 Å². The van der Waals surface area contributed by atoms with Crippen molar-refractivity contribution in [3.05, 3.63) is 54.6 Å². The van der Waals surface area contributed by atoms with Crippen LogP contribution < -0.4 is 10.2 Å². The first-order chi connectivity index (χ1) is 14.0. The molecule has 0 saturated carbocycles. The molecule has 0 unspecified atom stereocenters. The Hall–Kier alpha value is -2.87. The molecule has 4 rings (SSSR count). The topological polar surface area (TPSA) is 88.3 Å². The number of rotatable bonds is 6. The van der Waals surface area contributed by atoms with Crippen molar-refractivity contribution >= 4 is 21.5 Å². The molecule has 0 aliphatic carbocycles. The van der Waals surface area contributed by atoms with Gasteiger partial charge in [0.05, 0.1) is 10.6 Å². The van der Waals surface area contributed by atoms with Crippen LogP contribution in [-0.4, -0.2) is 43.4 Å². The summed E-state index contributed by atoms with van der Waals surface area (Å²) >= 11 is 0. The maximum atomic E-state index is 12.0. The largest absolute Gasteiger partial charge is 0.371 e. The van der Waals surface area contributed by atoms with Crippen LogP contribution in [0.2, 0.25) is 0 Å². The van der Waals surface area contributed by atoms with Gasteiger partial charge in [0, 0.05) is 30.4 Å². The molecule has 1 aromatic heterocycles. The zero-order valence-electron chi connectivity index (χ0n) is 16.3. The molecule has 1 aliphatic rings. The highest BCUT2D eigenvalue weighted by atomic mass is 32.2. The second kappa shape index (κ2) is 8.24. The molecule has 29 heavy (non-hydrogen) atoms. The van der Waals surface area contributed by atoms with Crippen molar-refractivity contribution in [3.63, 3.8) is 0 Å². The minimum atomic E-state index is -3.16. The average Bonchev–Trinajstić information content (AvgIpc) is 3.23. The standard InChI is InChI=1S/C21H24N4O3S/c1-2-29(26,27)19-10-8-18(9-11-19)25-14-12-17(13-15-25)22-21-23-20(28-24-21)16-6-4-3-5-7-16/h3-11,17H,2,12-15H2,1H3,(H,22,24). The second-order valence-electron chi connectivity index (χ2n) is 7.09. The van der Waals surface area contributed by atoms with E-state index in [9.17, 15) is 8.42 Å². The molecule has 1 saturated heterocycles. The van der Waals surface area contributed by atoms with Crippen molar-refractivity contribution in [1.29, 1.82) is 0 Å². The first kappa shape index (κ1) is 19.4. The highest BCUT2D eigenvalue weighted by Crippen LogP contribution is 2.24.